The molecule has 0 saturated carbocycles. The summed E-state index contributed by atoms with van der Waals surface area (Å²) in [5, 5.41) is 20.3. The third kappa shape index (κ3) is 2.86. The van der Waals surface area contributed by atoms with Crippen LogP contribution in [0.25, 0.3) is 0 Å². The first kappa shape index (κ1) is 13.9. The van der Waals surface area contributed by atoms with Crippen LogP contribution < -0.4 is 16.0 Å². The van der Waals surface area contributed by atoms with Gasteiger partial charge in [0.2, 0.25) is 0 Å². The predicted molar refractivity (Wildman–Crippen MR) is 78.5 cm³/mol. The van der Waals surface area contributed by atoms with E-state index in [-0.39, 0.29) is 0 Å². The highest BCUT2D eigenvalue weighted by atomic mass is 16.3. The number of β-amino-alcohol motifs (C(OH)–C–C–N with tert-alkyl or cyclic N) is 1. The SMILES string of the molecule is Cc1ncc2c(c1CNCC1(O)CCNC1)CCNC2. The summed E-state index contributed by atoms with van der Waals surface area (Å²) in [7, 11) is 0. The van der Waals surface area contributed by atoms with Crippen LogP contribution in [0.5, 0.6) is 0 Å². The van der Waals surface area contributed by atoms with E-state index in [1.807, 2.05) is 6.20 Å². The minimum absolute atomic E-state index is 0.586. The molecule has 3 heterocycles. The lowest BCUT2D eigenvalue weighted by Crippen LogP contribution is -2.42. The maximum Gasteiger partial charge on any atom is 0.0907 e. The summed E-state index contributed by atoms with van der Waals surface area (Å²) in [6.45, 7) is 7.07. The van der Waals surface area contributed by atoms with E-state index in [2.05, 4.69) is 27.9 Å². The van der Waals surface area contributed by atoms with E-state index in [0.717, 1.165) is 44.7 Å². The van der Waals surface area contributed by atoms with Crippen LogP contribution in [0.3, 0.4) is 0 Å². The maximum absolute atomic E-state index is 10.3. The summed E-state index contributed by atoms with van der Waals surface area (Å²) in [6.07, 6.45) is 3.89. The fourth-order valence-corrected chi connectivity index (χ4v) is 3.18. The number of aryl methyl sites for hydroxylation is 1. The lowest BCUT2D eigenvalue weighted by atomic mass is 9.95. The summed E-state index contributed by atoms with van der Waals surface area (Å²) < 4.78 is 0. The van der Waals surface area contributed by atoms with E-state index < -0.39 is 5.60 Å². The standard InChI is InChI=1S/C15H24N4O/c1-11-14(8-18-10-15(20)3-5-17-9-15)13-2-4-16-6-12(13)7-19-11/h7,16-18,20H,2-6,8-10H2,1H3. The summed E-state index contributed by atoms with van der Waals surface area (Å²) in [6, 6.07) is 0. The zero-order valence-electron chi connectivity index (χ0n) is 12.1. The van der Waals surface area contributed by atoms with Gasteiger partial charge in [0.15, 0.2) is 0 Å². The lowest BCUT2D eigenvalue weighted by Gasteiger charge is -2.24. The Bertz CT molecular complexity index is 483. The zero-order chi connectivity index (χ0) is 14.0. The number of nitrogens with one attached hydrogen (secondary N) is 3. The molecule has 2 aliphatic rings. The molecule has 0 aromatic carbocycles. The molecule has 5 nitrogen and oxygen atoms in total. The number of nitrogens with zero attached hydrogens (tertiary/aromatic N) is 1. The van der Waals surface area contributed by atoms with Crippen LogP contribution >= 0.6 is 0 Å². The van der Waals surface area contributed by atoms with Crippen LogP contribution in [0.2, 0.25) is 0 Å². The number of hydrogen-bond donors (Lipinski definition) is 4. The molecule has 1 aromatic heterocycles. The number of hydrogen-bond acceptors (Lipinski definition) is 5. The fraction of sp³-hybridized carbons (Fsp3) is 0.667. The highest BCUT2D eigenvalue weighted by Gasteiger charge is 2.30. The first-order valence-corrected chi connectivity index (χ1v) is 7.49. The van der Waals surface area contributed by atoms with Crippen LogP contribution in [-0.4, -0.2) is 41.9 Å². The summed E-state index contributed by atoms with van der Waals surface area (Å²) in [5.41, 5.74) is 4.60. The number of fused-ring (bicyclic) bond motifs is 1. The second-order valence-corrected chi connectivity index (χ2v) is 6.01. The maximum atomic E-state index is 10.3. The molecule has 1 aromatic rings. The van der Waals surface area contributed by atoms with Crippen molar-refractivity contribution in [1.82, 2.24) is 20.9 Å². The first-order chi connectivity index (χ1) is 9.68. The zero-order valence-corrected chi connectivity index (χ0v) is 12.1. The van der Waals surface area contributed by atoms with Crippen molar-refractivity contribution in [3.05, 3.63) is 28.6 Å². The average molecular weight is 276 g/mol. The molecule has 0 radical (unpaired) electrons. The van der Waals surface area contributed by atoms with Crippen molar-refractivity contribution in [2.75, 3.05) is 26.2 Å². The van der Waals surface area contributed by atoms with E-state index in [0.29, 0.717) is 13.1 Å². The van der Waals surface area contributed by atoms with Gasteiger partial charge in [-0.05, 0) is 49.5 Å². The Morgan fingerprint density at radius 3 is 3.10 bits per heavy atom. The molecule has 110 valence electrons. The Labute approximate surface area is 120 Å². The Kier molecular flexibility index (Phi) is 4.03. The molecule has 3 rings (SSSR count). The van der Waals surface area contributed by atoms with Crippen molar-refractivity contribution in [1.29, 1.82) is 0 Å². The molecule has 1 fully saturated rings. The van der Waals surface area contributed by atoms with E-state index in [4.69, 9.17) is 0 Å². The molecule has 4 N–H and O–H groups in total. The Morgan fingerprint density at radius 2 is 2.30 bits per heavy atom. The van der Waals surface area contributed by atoms with Gasteiger partial charge in [-0.15, -0.1) is 0 Å². The third-order valence-corrected chi connectivity index (χ3v) is 4.45. The van der Waals surface area contributed by atoms with Gasteiger partial charge < -0.3 is 21.1 Å². The molecule has 0 aliphatic carbocycles. The van der Waals surface area contributed by atoms with E-state index in [1.165, 1.54) is 16.7 Å². The number of rotatable bonds is 4. The number of aliphatic hydroxyl groups is 1. The van der Waals surface area contributed by atoms with Crippen molar-refractivity contribution >= 4 is 0 Å². The number of pyridine rings is 1. The Balaban J connectivity index is 1.67. The van der Waals surface area contributed by atoms with Gasteiger partial charge in [-0.2, -0.15) is 0 Å². The van der Waals surface area contributed by atoms with Gasteiger partial charge in [0, 0.05) is 38.1 Å². The highest BCUT2D eigenvalue weighted by Crippen LogP contribution is 2.20. The van der Waals surface area contributed by atoms with Gasteiger partial charge in [0.1, 0.15) is 0 Å². The van der Waals surface area contributed by atoms with Gasteiger partial charge in [-0.25, -0.2) is 0 Å². The summed E-state index contributed by atoms with van der Waals surface area (Å²) in [4.78, 5) is 4.51. The predicted octanol–water partition coefficient (Wildman–Crippen LogP) is -0.150. The lowest BCUT2D eigenvalue weighted by molar-refractivity contribution is 0.0608. The van der Waals surface area contributed by atoms with Crippen molar-refractivity contribution in [2.45, 2.75) is 38.5 Å². The molecule has 1 unspecified atom stereocenters. The molecular weight excluding hydrogens is 252 g/mol. The molecule has 0 spiro atoms. The summed E-state index contributed by atoms with van der Waals surface area (Å²) in [5.74, 6) is 0. The van der Waals surface area contributed by atoms with Crippen molar-refractivity contribution in [3.8, 4) is 0 Å². The monoisotopic (exact) mass is 276 g/mol. The highest BCUT2D eigenvalue weighted by molar-refractivity contribution is 5.37. The van der Waals surface area contributed by atoms with Crippen LogP contribution in [-0.2, 0) is 19.5 Å². The molecule has 5 heteroatoms. The van der Waals surface area contributed by atoms with Crippen LogP contribution in [0, 0.1) is 6.92 Å². The van der Waals surface area contributed by atoms with Crippen molar-refractivity contribution in [3.63, 3.8) is 0 Å². The minimum atomic E-state index is -0.586. The van der Waals surface area contributed by atoms with Gasteiger partial charge in [-0.3, -0.25) is 4.98 Å². The Hall–Kier alpha value is -1.01. The molecule has 1 saturated heterocycles. The minimum Gasteiger partial charge on any atom is -0.387 e. The van der Waals surface area contributed by atoms with Crippen molar-refractivity contribution < 1.29 is 5.11 Å². The largest absolute Gasteiger partial charge is 0.387 e. The van der Waals surface area contributed by atoms with Crippen LogP contribution in [0.4, 0.5) is 0 Å². The van der Waals surface area contributed by atoms with Gasteiger partial charge in [-0.1, -0.05) is 0 Å². The average Bonchev–Trinajstić information content (AvgIpc) is 2.88. The first-order valence-electron chi connectivity index (χ1n) is 7.49. The Morgan fingerprint density at radius 1 is 1.40 bits per heavy atom. The molecule has 20 heavy (non-hydrogen) atoms. The van der Waals surface area contributed by atoms with Gasteiger partial charge >= 0.3 is 0 Å². The second kappa shape index (κ2) is 5.77. The van der Waals surface area contributed by atoms with Gasteiger partial charge in [0.05, 0.1) is 5.60 Å². The topological polar surface area (TPSA) is 69.2 Å². The molecule has 0 amide bonds. The molecule has 2 aliphatic heterocycles. The van der Waals surface area contributed by atoms with Gasteiger partial charge in [0.25, 0.3) is 0 Å². The smallest absolute Gasteiger partial charge is 0.0907 e. The molecule has 0 bridgehead atoms. The molecule has 1 atom stereocenters. The van der Waals surface area contributed by atoms with Crippen molar-refractivity contribution in [2.24, 2.45) is 0 Å². The molecular formula is C15H24N4O. The van der Waals surface area contributed by atoms with E-state index >= 15 is 0 Å². The van der Waals surface area contributed by atoms with E-state index in [9.17, 15) is 5.11 Å². The van der Waals surface area contributed by atoms with Crippen LogP contribution in [0.15, 0.2) is 6.20 Å². The normalized spacial score (nSPS) is 25.7. The second-order valence-electron chi connectivity index (χ2n) is 6.01. The van der Waals surface area contributed by atoms with Crippen LogP contribution in [0.1, 0.15) is 28.8 Å². The number of aromatic nitrogens is 1. The fourth-order valence-electron chi connectivity index (χ4n) is 3.18. The third-order valence-electron chi connectivity index (χ3n) is 4.45. The summed E-state index contributed by atoms with van der Waals surface area (Å²) >= 11 is 0. The quantitative estimate of drug-likeness (QED) is 0.616. The van der Waals surface area contributed by atoms with E-state index in [1.54, 1.807) is 0 Å².